The first-order chi connectivity index (χ1) is 15.1. The maximum Gasteiger partial charge on any atom is 0.350 e. The van der Waals surface area contributed by atoms with Gasteiger partial charge in [0.05, 0.1) is 12.8 Å². The highest BCUT2D eigenvalue weighted by atomic mass is 32.1. The van der Waals surface area contributed by atoms with E-state index >= 15 is 0 Å². The van der Waals surface area contributed by atoms with Crippen LogP contribution in [0.5, 0.6) is 0 Å². The van der Waals surface area contributed by atoms with Crippen molar-refractivity contribution in [2.75, 3.05) is 12.0 Å². The van der Waals surface area contributed by atoms with Crippen LogP contribution in [0.1, 0.15) is 92.1 Å². The highest BCUT2D eigenvalue weighted by Gasteiger charge is 2.36. The Morgan fingerprint density at radius 1 is 1.06 bits per heavy atom. The van der Waals surface area contributed by atoms with Crippen molar-refractivity contribution in [1.29, 1.82) is 0 Å². The van der Waals surface area contributed by atoms with E-state index in [2.05, 4.69) is 31.2 Å². The van der Waals surface area contributed by atoms with Gasteiger partial charge in [-0.1, -0.05) is 25.2 Å². The Kier molecular flexibility index (Phi) is 7.31. The van der Waals surface area contributed by atoms with E-state index < -0.39 is 0 Å². The molecule has 0 bridgehead atoms. The number of nitrogens with zero attached hydrogens (tertiary/aromatic N) is 1. The molecule has 3 aliphatic rings. The van der Waals surface area contributed by atoms with Crippen LogP contribution in [0.25, 0.3) is 5.57 Å². The fraction of sp³-hybridized carbons (Fsp3) is 0.615. The summed E-state index contributed by atoms with van der Waals surface area (Å²) in [5.74, 6) is 0.639. The van der Waals surface area contributed by atoms with E-state index in [1.807, 2.05) is 4.90 Å². The lowest BCUT2D eigenvalue weighted by Gasteiger charge is -2.37. The summed E-state index contributed by atoms with van der Waals surface area (Å²) in [7, 11) is 1.43. The zero-order valence-electron chi connectivity index (χ0n) is 18.9. The third-order valence-electron chi connectivity index (χ3n) is 7.16. The van der Waals surface area contributed by atoms with Crippen LogP contribution in [0.4, 0.5) is 5.69 Å². The molecule has 0 N–H and O–H groups in total. The Bertz CT molecular complexity index is 860. The molecule has 1 aromatic rings. The molecular formula is C26H35NO3S. The predicted octanol–water partition coefficient (Wildman–Crippen LogP) is 6.76. The van der Waals surface area contributed by atoms with Crippen molar-refractivity contribution < 1.29 is 14.3 Å². The summed E-state index contributed by atoms with van der Waals surface area (Å²) in [6.07, 6.45) is 18.1. The first kappa shape index (κ1) is 22.3. The second-order valence-electron chi connectivity index (χ2n) is 9.40. The average molecular weight is 442 g/mol. The fourth-order valence-corrected chi connectivity index (χ4v) is 6.37. The molecule has 5 heteroatoms. The average Bonchev–Trinajstić information content (AvgIpc) is 3.25. The normalized spacial score (nSPS) is 26.3. The maximum absolute atomic E-state index is 13.9. The fourth-order valence-electron chi connectivity index (χ4n) is 5.23. The molecule has 0 spiro atoms. The molecule has 1 atom stereocenters. The number of allylic oxidation sites excluding steroid dienone is 3. The molecule has 0 saturated heterocycles. The molecule has 0 aliphatic heterocycles. The lowest BCUT2D eigenvalue weighted by atomic mass is 9.81. The molecule has 1 amide bonds. The van der Waals surface area contributed by atoms with Gasteiger partial charge in [0, 0.05) is 16.8 Å². The van der Waals surface area contributed by atoms with Crippen molar-refractivity contribution in [2.24, 2.45) is 11.8 Å². The smallest absolute Gasteiger partial charge is 0.350 e. The Balaban J connectivity index is 1.73. The van der Waals surface area contributed by atoms with E-state index in [0.717, 1.165) is 68.4 Å². The molecule has 1 saturated carbocycles. The zero-order valence-corrected chi connectivity index (χ0v) is 19.7. The van der Waals surface area contributed by atoms with Crippen LogP contribution in [-0.2, 0) is 9.53 Å². The number of amides is 1. The summed E-state index contributed by atoms with van der Waals surface area (Å²) in [6.45, 7) is 2.28. The maximum atomic E-state index is 13.9. The summed E-state index contributed by atoms with van der Waals surface area (Å²) >= 11 is 1.50. The quantitative estimate of drug-likeness (QED) is 0.374. The minimum atomic E-state index is -0.330. The van der Waals surface area contributed by atoms with Gasteiger partial charge in [-0.2, -0.15) is 0 Å². The van der Waals surface area contributed by atoms with Gasteiger partial charge in [0.15, 0.2) is 0 Å². The van der Waals surface area contributed by atoms with Gasteiger partial charge in [-0.25, -0.2) is 4.79 Å². The number of anilines is 1. The van der Waals surface area contributed by atoms with Crippen LogP contribution >= 0.6 is 11.3 Å². The number of carbonyl (C=O) groups is 2. The molecule has 1 unspecified atom stereocenters. The van der Waals surface area contributed by atoms with Gasteiger partial charge in [0.1, 0.15) is 4.88 Å². The summed E-state index contributed by atoms with van der Waals surface area (Å²) in [5.41, 5.74) is 2.09. The van der Waals surface area contributed by atoms with Crippen molar-refractivity contribution in [2.45, 2.75) is 83.6 Å². The number of ether oxygens (including phenoxy) is 1. The van der Waals surface area contributed by atoms with Crippen LogP contribution in [0.3, 0.4) is 0 Å². The van der Waals surface area contributed by atoms with E-state index in [1.165, 1.54) is 36.9 Å². The molecule has 1 fully saturated rings. The SMILES string of the molecule is COC(=O)c1sc(C2=CCCCC2)cc1N(C(=O)[C@H]1CC[C@H](C)CC1)C1CC=CCC1. The topological polar surface area (TPSA) is 46.6 Å². The Morgan fingerprint density at radius 3 is 2.52 bits per heavy atom. The molecule has 168 valence electrons. The summed E-state index contributed by atoms with van der Waals surface area (Å²) < 4.78 is 5.15. The van der Waals surface area contributed by atoms with Gasteiger partial charge in [0.2, 0.25) is 5.91 Å². The monoisotopic (exact) mass is 441 g/mol. The second-order valence-corrected chi connectivity index (χ2v) is 10.4. The molecule has 0 aromatic carbocycles. The number of rotatable bonds is 5. The Hall–Kier alpha value is -1.88. The highest BCUT2D eigenvalue weighted by Crippen LogP contribution is 2.41. The van der Waals surface area contributed by atoms with Gasteiger partial charge in [-0.05, 0) is 88.2 Å². The summed E-state index contributed by atoms with van der Waals surface area (Å²) in [5, 5.41) is 0. The van der Waals surface area contributed by atoms with Gasteiger partial charge in [-0.15, -0.1) is 11.3 Å². The van der Waals surface area contributed by atoms with E-state index in [-0.39, 0.29) is 23.8 Å². The largest absolute Gasteiger partial charge is 0.465 e. The molecular weight excluding hydrogens is 406 g/mol. The highest BCUT2D eigenvalue weighted by molar-refractivity contribution is 7.15. The lowest BCUT2D eigenvalue weighted by molar-refractivity contribution is -0.124. The first-order valence-electron chi connectivity index (χ1n) is 12.0. The molecule has 3 aliphatic carbocycles. The minimum Gasteiger partial charge on any atom is -0.465 e. The number of methoxy groups -OCH3 is 1. The number of carbonyl (C=O) groups excluding carboxylic acids is 2. The summed E-state index contributed by atoms with van der Waals surface area (Å²) in [4.78, 5) is 30.4. The number of hydrogen-bond acceptors (Lipinski definition) is 4. The minimum absolute atomic E-state index is 0.0600. The Labute approximate surface area is 190 Å². The third kappa shape index (κ3) is 4.97. The van der Waals surface area contributed by atoms with Gasteiger partial charge in [0.25, 0.3) is 0 Å². The second kappa shape index (κ2) is 10.2. The van der Waals surface area contributed by atoms with Crippen molar-refractivity contribution in [3.63, 3.8) is 0 Å². The van der Waals surface area contributed by atoms with Crippen molar-refractivity contribution >= 4 is 34.5 Å². The van der Waals surface area contributed by atoms with Crippen molar-refractivity contribution in [3.05, 3.63) is 34.0 Å². The van der Waals surface area contributed by atoms with Crippen LogP contribution in [-0.4, -0.2) is 25.0 Å². The predicted molar refractivity (Wildman–Crippen MR) is 127 cm³/mol. The lowest BCUT2D eigenvalue weighted by Crippen LogP contribution is -2.45. The number of hydrogen-bond donors (Lipinski definition) is 0. The van der Waals surface area contributed by atoms with E-state index in [0.29, 0.717) is 10.8 Å². The van der Waals surface area contributed by atoms with Gasteiger partial charge in [-0.3, -0.25) is 4.79 Å². The van der Waals surface area contributed by atoms with Crippen molar-refractivity contribution in [3.8, 4) is 0 Å². The zero-order chi connectivity index (χ0) is 21.8. The van der Waals surface area contributed by atoms with Crippen LogP contribution in [0, 0.1) is 11.8 Å². The molecule has 4 nitrogen and oxygen atoms in total. The van der Waals surface area contributed by atoms with Crippen LogP contribution in [0.2, 0.25) is 0 Å². The molecule has 0 radical (unpaired) electrons. The van der Waals surface area contributed by atoms with Crippen LogP contribution in [0.15, 0.2) is 24.3 Å². The van der Waals surface area contributed by atoms with E-state index in [9.17, 15) is 9.59 Å². The number of thiophene rings is 1. The van der Waals surface area contributed by atoms with E-state index in [4.69, 9.17) is 4.74 Å². The van der Waals surface area contributed by atoms with Crippen molar-refractivity contribution in [1.82, 2.24) is 0 Å². The molecule has 1 aromatic heterocycles. The molecule has 31 heavy (non-hydrogen) atoms. The molecule has 1 heterocycles. The standard InChI is InChI=1S/C26H35NO3S/c1-18-13-15-20(16-14-18)25(28)27(21-11-7-4-8-12-21)22-17-23(19-9-5-3-6-10-19)31-24(22)26(29)30-2/h4,7,9,17-18,20-21H,3,5-6,8,10-16H2,1-2H3/t18-,20-,21?. The van der Waals surface area contributed by atoms with Gasteiger partial charge < -0.3 is 9.64 Å². The van der Waals surface area contributed by atoms with Crippen LogP contribution < -0.4 is 4.90 Å². The summed E-state index contributed by atoms with van der Waals surface area (Å²) in [6, 6.07) is 2.22. The van der Waals surface area contributed by atoms with Gasteiger partial charge >= 0.3 is 5.97 Å². The number of esters is 1. The Morgan fingerprint density at radius 2 is 1.87 bits per heavy atom. The first-order valence-corrected chi connectivity index (χ1v) is 12.8. The van der Waals surface area contributed by atoms with E-state index in [1.54, 1.807) is 0 Å². The third-order valence-corrected chi connectivity index (χ3v) is 8.34. The molecule has 4 rings (SSSR count).